The Morgan fingerprint density at radius 2 is 2.19 bits per heavy atom. The average Bonchev–Trinajstić information content (AvgIpc) is 2.95. The lowest BCUT2D eigenvalue weighted by Gasteiger charge is -2.23. The van der Waals surface area contributed by atoms with E-state index in [1.54, 1.807) is 0 Å². The van der Waals surface area contributed by atoms with E-state index in [1.165, 1.54) is 30.2 Å². The lowest BCUT2D eigenvalue weighted by Crippen LogP contribution is -2.41. The molecule has 1 heterocycles. The third-order valence-corrected chi connectivity index (χ3v) is 4.32. The van der Waals surface area contributed by atoms with E-state index < -0.39 is 16.9 Å². The molecule has 1 saturated heterocycles. The minimum atomic E-state index is -0.613. The SMILES string of the molecule is COC(=O)C1CCCN1C(=O)c1cc([N+](=O)[O-])ccc1I. The van der Waals surface area contributed by atoms with E-state index in [9.17, 15) is 19.7 Å². The maximum Gasteiger partial charge on any atom is 0.328 e. The van der Waals surface area contributed by atoms with Crippen LogP contribution in [0.4, 0.5) is 5.69 Å². The predicted molar refractivity (Wildman–Crippen MR) is 81.9 cm³/mol. The lowest BCUT2D eigenvalue weighted by atomic mass is 10.1. The molecule has 0 spiro atoms. The normalized spacial score (nSPS) is 17.6. The zero-order valence-corrected chi connectivity index (χ0v) is 13.4. The number of halogens is 1. The summed E-state index contributed by atoms with van der Waals surface area (Å²) in [6, 6.07) is 3.50. The zero-order valence-electron chi connectivity index (χ0n) is 11.2. The van der Waals surface area contributed by atoms with Crippen LogP contribution in [0.5, 0.6) is 0 Å². The molecule has 1 unspecified atom stereocenters. The highest BCUT2D eigenvalue weighted by Crippen LogP contribution is 2.25. The molecule has 0 N–H and O–H groups in total. The Kier molecular flexibility index (Phi) is 4.76. The van der Waals surface area contributed by atoms with E-state index in [-0.39, 0.29) is 17.2 Å². The maximum atomic E-state index is 12.6. The monoisotopic (exact) mass is 404 g/mol. The van der Waals surface area contributed by atoms with Crippen molar-refractivity contribution in [2.24, 2.45) is 0 Å². The molecule has 21 heavy (non-hydrogen) atoms. The van der Waals surface area contributed by atoms with Crippen molar-refractivity contribution in [2.45, 2.75) is 18.9 Å². The molecule has 1 fully saturated rings. The number of benzene rings is 1. The topological polar surface area (TPSA) is 89.8 Å². The van der Waals surface area contributed by atoms with Crippen LogP contribution < -0.4 is 0 Å². The summed E-state index contributed by atoms with van der Waals surface area (Å²) in [7, 11) is 1.28. The smallest absolute Gasteiger partial charge is 0.328 e. The molecule has 1 aliphatic heterocycles. The predicted octanol–water partition coefficient (Wildman–Crippen LogP) is 1.98. The van der Waals surface area contributed by atoms with E-state index in [4.69, 9.17) is 4.74 Å². The Hall–Kier alpha value is -1.71. The van der Waals surface area contributed by atoms with Crippen molar-refractivity contribution >= 4 is 40.2 Å². The van der Waals surface area contributed by atoms with Crippen molar-refractivity contribution in [3.8, 4) is 0 Å². The molecule has 0 aliphatic carbocycles. The van der Waals surface area contributed by atoms with Crippen LogP contribution in [-0.4, -0.2) is 41.4 Å². The third kappa shape index (κ3) is 3.14. The Morgan fingerprint density at radius 3 is 2.81 bits per heavy atom. The van der Waals surface area contributed by atoms with Crippen molar-refractivity contribution in [3.63, 3.8) is 0 Å². The summed E-state index contributed by atoms with van der Waals surface area (Å²) in [4.78, 5) is 36.0. The van der Waals surface area contributed by atoms with Crippen LogP contribution in [0, 0.1) is 13.7 Å². The van der Waals surface area contributed by atoms with E-state index >= 15 is 0 Å². The summed E-state index contributed by atoms with van der Waals surface area (Å²) < 4.78 is 5.31. The quantitative estimate of drug-likeness (QED) is 0.333. The summed E-state index contributed by atoms with van der Waals surface area (Å²) in [6.07, 6.45) is 1.25. The van der Waals surface area contributed by atoms with E-state index in [1.807, 2.05) is 22.6 Å². The number of nitro groups is 1. The van der Waals surface area contributed by atoms with Gasteiger partial charge in [-0.1, -0.05) is 0 Å². The number of nitrogens with zero attached hydrogens (tertiary/aromatic N) is 2. The second-order valence-corrected chi connectivity index (χ2v) is 5.76. The molecule has 1 aromatic rings. The Morgan fingerprint density at radius 1 is 1.48 bits per heavy atom. The Balaban J connectivity index is 2.33. The molecule has 112 valence electrons. The fraction of sp³-hybridized carbons (Fsp3) is 0.385. The molecule has 2 rings (SSSR count). The molecule has 1 amide bonds. The number of non-ortho nitro benzene ring substituents is 1. The number of amides is 1. The van der Waals surface area contributed by atoms with E-state index in [0.29, 0.717) is 23.0 Å². The molecular weight excluding hydrogens is 391 g/mol. The molecule has 1 aliphatic rings. The van der Waals surface area contributed by atoms with Gasteiger partial charge < -0.3 is 9.64 Å². The van der Waals surface area contributed by atoms with Gasteiger partial charge in [-0.25, -0.2) is 4.79 Å². The first-order chi connectivity index (χ1) is 9.95. The van der Waals surface area contributed by atoms with Gasteiger partial charge in [0.15, 0.2) is 0 Å². The molecule has 8 heteroatoms. The van der Waals surface area contributed by atoms with Gasteiger partial charge in [-0.3, -0.25) is 14.9 Å². The second kappa shape index (κ2) is 6.37. The Bertz CT molecular complexity index is 604. The van der Waals surface area contributed by atoms with E-state index in [2.05, 4.69) is 0 Å². The maximum absolute atomic E-state index is 12.6. The molecule has 0 saturated carbocycles. The largest absolute Gasteiger partial charge is 0.467 e. The number of nitro benzene ring substituents is 1. The molecule has 0 bridgehead atoms. The minimum Gasteiger partial charge on any atom is -0.467 e. The van der Waals surface area contributed by atoms with Gasteiger partial charge in [0.2, 0.25) is 0 Å². The summed E-state index contributed by atoms with van der Waals surface area (Å²) in [5.74, 6) is -0.836. The minimum absolute atomic E-state index is 0.146. The Labute approximate surface area is 134 Å². The van der Waals surface area contributed by atoms with Crippen molar-refractivity contribution in [1.82, 2.24) is 4.90 Å². The van der Waals surface area contributed by atoms with Crippen molar-refractivity contribution in [2.75, 3.05) is 13.7 Å². The second-order valence-electron chi connectivity index (χ2n) is 4.60. The lowest BCUT2D eigenvalue weighted by molar-refractivity contribution is -0.384. The number of likely N-dealkylation sites (tertiary alicyclic amines) is 1. The van der Waals surface area contributed by atoms with Crippen LogP contribution >= 0.6 is 22.6 Å². The highest BCUT2D eigenvalue weighted by Gasteiger charge is 2.36. The summed E-state index contributed by atoms with van der Waals surface area (Å²) in [6.45, 7) is 0.442. The molecular formula is C13H13IN2O5. The highest BCUT2D eigenvalue weighted by atomic mass is 127. The number of hydrogen-bond acceptors (Lipinski definition) is 5. The zero-order chi connectivity index (χ0) is 15.6. The highest BCUT2D eigenvalue weighted by molar-refractivity contribution is 14.1. The van der Waals surface area contributed by atoms with Crippen LogP contribution in [0.15, 0.2) is 18.2 Å². The van der Waals surface area contributed by atoms with Gasteiger partial charge in [-0.15, -0.1) is 0 Å². The summed E-state index contributed by atoms with van der Waals surface area (Å²) >= 11 is 1.95. The fourth-order valence-electron chi connectivity index (χ4n) is 2.34. The number of ether oxygens (including phenoxy) is 1. The first kappa shape index (κ1) is 15.7. The van der Waals surface area contributed by atoms with Crippen molar-refractivity contribution < 1.29 is 19.2 Å². The third-order valence-electron chi connectivity index (χ3n) is 3.38. The van der Waals surface area contributed by atoms with Gasteiger partial charge >= 0.3 is 5.97 Å². The van der Waals surface area contributed by atoms with Crippen LogP contribution in [-0.2, 0) is 9.53 Å². The van der Waals surface area contributed by atoms with Gasteiger partial charge in [0, 0.05) is 22.2 Å². The number of rotatable bonds is 3. The molecule has 1 atom stereocenters. The van der Waals surface area contributed by atoms with Gasteiger partial charge in [-0.05, 0) is 41.5 Å². The number of hydrogen-bond donors (Lipinski definition) is 0. The number of carbonyl (C=O) groups excluding carboxylic acids is 2. The first-order valence-corrected chi connectivity index (χ1v) is 7.36. The van der Waals surface area contributed by atoms with Gasteiger partial charge in [-0.2, -0.15) is 0 Å². The number of methoxy groups -OCH3 is 1. The number of carbonyl (C=O) groups is 2. The van der Waals surface area contributed by atoms with Gasteiger partial charge in [0.1, 0.15) is 6.04 Å². The van der Waals surface area contributed by atoms with Crippen molar-refractivity contribution in [3.05, 3.63) is 37.4 Å². The van der Waals surface area contributed by atoms with Crippen LogP contribution in [0.3, 0.4) is 0 Å². The fourth-order valence-corrected chi connectivity index (χ4v) is 2.90. The first-order valence-electron chi connectivity index (χ1n) is 6.28. The van der Waals surface area contributed by atoms with Crippen LogP contribution in [0.2, 0.25) is 0 Å². The molecule has 0 radical (unpaired) electrons. The number of esters is 1. The van der Waals surface area contributed by atoms with E-state index in [0.717, 1.165) is 0 Å². The van der Waals surface area contributed by atoms with Gasteiger partial charge in [0.05, 0.1) is 17.6 Å². The molecule has 7 nitrogen and oxygen atoms in total. The van der Waals surface area contributed by atoms with Crippen LogP contribution in [0.25, 0.3) is 0 Å². The summed E-state index contributed by atoms with van der Waals surface area (Å²) in [5.41, 5.74) is 0.0909. The van der Waals surface area contributed by atoms with Crippen molar-refractivity contribution in [1.29, 1.82) is 0 Å². The molecule has 0 aromatic heterocycles. The molecule has 1 aromatic carbocycles. The standard InChI is InChI=1S/C13H13IN2O5/c1-21-13(18)11-3-2-6-15(11)12(17)9-7-8(16(19)20)4-5-10(9)14/h4-5,7,11H,2-3,6H2,1H3. The average molecular weight is 404 g/mol. The summed E-state index contributed by atoms with van der Waals surface area (Å²) in [5, 5.41) is 10.8. The van der Waals surface area contributed by atoms with Crippen LogP contribution in [0.1, 0.15) is 23.2 Å². The van der Waals surface area contributed by atoms with Gasteiger partial charge in [0.25, 0.3) is 11.6 Å².